The molecule has 7 nitrogen and oxygen atoms in total. The van der Waals surface area contributed by atoms with Gasteiger partial charge < -0.3 is 15.4 Å². The van der Waals surface area contributed by atoms with Gasteiger partial charge in [0, 0.05) is 35.9 Å². The van der Waals surface area contributed by atoms with E-state index in [1.165, 1.54) is 19.2 Å². The summed E-state index contributed by atoms with van der Waals surface area (Å²) in [4.78, 5) is 18.3. The average Bonchev–Trinajstić information content (AvgIpc) is 3.48. The Morgan fingerprint density at radius 1 is 1.41 bits per heavy atom. The number of halogens is 1. The quantitative estimate of drug-likeness (QED) is 0.420. The summed E-state index contributed by atoms with van der Waals surface area (Å²) in [7, 11) is 0. The standard InChI is InChI=1S/C21H22FN5O2/c22-7-8-23-10-17(19-20(28)21(29)25-13-24-19)12-27-18-6-5-15(4-3-14-1-2-14)9-16(18)11-26-27/h5-6,9,11,13-14,17,23,28H,1-2,7-8,10,12H2,(H,24,25,29). The number of rotatable bonds is 7. The smallest absolute Gasteiger partial charge is 0.293 e. The molecule has 0 bridgehead atoms. The van der Waals surface area contributed by atoms with Crippen molar-refractivity contribution < 1.29 is 9.50 Å². The minimum Gasteiger partial charge on any atom is -0.502 e. The second-order valence-electron chi connectivity index (χ2n) is 7.20. The lowest BCUT2D eigenvalue weighted by molar-refractivity contribution is 0.410. The first kappa shape index (κ1) is 19.2. The molecule has 1 unspecified atom stereocenters. The Balaban J connectivity index is 1.61. The Hall–Kier alpha value is -3.18. The molecule has 1 aliphatic rings. The Kier molecular flexibility index (Phi) is 5.58. The predicted octanol–water partition coefficient (Wildman–Crippen LogP) is 1.93. The van der Waals surface area contributed by atoms with Crippen LogP contribution in [-0.4, -0.2) is 44.6 Å². The molecule has 2 aromatic heterocycles. The van der Waals surface area contributed by atoms with E-state index in [1.807, 2.05) is 18.2 Å². The van der Waals surface area contributed by atoms with Crippen molar-refractivity contribution in [3.05, 3.63) is 52.3 Å². The van der Waals surface area contributed by atoms with E-state index in [2.05, 4.69) is 32.2 Å². The van der Waals surface area contributed by atoms with Gasteiger partial charge in [-0.05, 0) is 31.0 Å². The van der Waals surface area contributed by atoms with Crippen LogP contribution in [-0.2, 0) is 6.54 Å². The van der Waals surface area contributed by atoms with Gasteiger partial charge in [-0.15, -0.1) is 0 Å². The molecular formula is C21H22FN5O2. The predicted molar refractivity (Wildman–Crippen MR) is 107 cm³/mol. The van der Waals surface area contributed by atoms with Crippen molar-refractivity contribution in [2.75, 3.05) is 19.8 Å². The third kappa shape index (κ3) is 4.46. The lowest BCUT2D eigenvalue weighted by Crippen LogP contribution is -2.28. The topological polar surface area (TPSA) is 95.8 Å². The molecule has 1 aromatic carbocycles. The van der Waals surface area contributed by atoms with Crippen molar-refractivity contribution in [1.29, 1.82) is 0 Å². The molecule has 3 aromatic rings. The maximum atomic E-state index is 12.5. The van der Waals surface area contributed by atoms with Crippen molar-refractivity contribution in [2.24, 2.45) is 5.92 Å². The van der Waals surface area contributed by atoms with Crippen molar-refractivity contribution >= 4 is 10.9 Å². The fourth-order valence-electron chi connectivity index (χ4n) is 3.23. The minimum atomic E-state index is -0.602. The SMILES string of the molecule is O=c1[nH]cnc(C(CNCCF)Cn2ncc3cc(C#CC4CC4)ccc32)c1O. The second kappa shape index (κ2) is 8.45. The van der Waals surface area contributed by atoms with Crippen LogP contribution >= 0.6 is 0 Å². The van der Waals surface area contributed by atoms with E-state index in [-0.39, 0.29) is 18.2 Å². The van der Waals surface area contributed by atoms with E-state index in [4.69, 9.17) is 0 Å². The monoisotopic (exact) mass is 395 g/mol. The maximum Gasteiger partial charge on any atom is 0.293 e. The van der Waals surface area contributed by atoms with Crippen LogP contribution in [0.5, 0.6) is 5.75 Å². The van der Waals surface area contributed by atoms with Gasteiger partial charge in [0.25, 0.3) is 5.56 Å². The zero-order valence-corrected chi connectivity index (χ0v) is 15.9. The number of nitrogens with zero attached hydrogens (tertiary/aromatic N) is 3. The largest absolute Gasteiger partial charge is 0.502 e. The third-order valence-electron chi connectivity index (χ3n) is 4.94. The van der Waals surface area contributed by atoms with Crippen LogP contribution in [0.1, 0.15) is 30.0 Å². The Morgan fingerprint density at radius 3 is 3.07 bits per heavy atom. The fourth-order valence-corrected chi connectivity index (χ4v) is 3.23. The highest BCUT2D eigenvalue weighted by Crippen LogP contribution is 2.28. The molecule has 0 amide bonds. The second-order valence-corrected chi connectivity index (χ2v) is 7.20. The number of fused-ring (bicyclic) bond motifs is 1. The van der Waals surface area contributed by atoms with Crippen LogP contribution in [0.2, 0.25) is 0 Å². The normalized spacial score (nSPS) is 14.5. The molecule has 4 rings (SSSR count). The summed E-state index contributed by atoms with van der Waals surface area (Å²) in [5.74, 6) is 6.22. The van der Waals surface area contributed by atoms with Gasteiger partial charge in [0.05, 0.1) is 30.3 Å². The first-order chi connectivity index (χ1) is 14.2. The summed E-state index contributed by atoms with van der Waals surface area (Å²) < 4.78 is 14.3. The van der Waals surface area contributed by atoms with E-state index in [0.717, 1.165) is 16.5 Å². The molecule has 8 heteroatoms. The molecular weight excluding hydrogens is 373 g/mol. The molecule has 1 aliphatic carbocycles. The number of aromatic amines is 1. The van der Waals surface area contributed by atoms with Crippen molar-refractivity contribution in [3.8, 4) is 17.6 Å². The van der Waals surface area contributed by atoms with E-state index in [9.17, 15) is 14.3 Å². The zero-order valence-electron chi connectivity index (χ0n) is 15.9. The van der Waals surface area contributed by atoms with Gasteiger partial charge in [0.2, 0.25) is 5.75 Å². The lowest BCUT2D eigenvalue weighted by atomic mass is 10.0. The van der Waals surface area contributed by atoms with E-state index >= 15 is 0 Å². The summed E-state index contributed by atoms with van der Waals surface area (Å²) >= 11 is 0. The Bertz CT molecular complexity index is 1120. The van der Waals surface area contributed by atoms with Gasteiger partial charge in [0.15, 0.2) is 0 Å². The highest BCUT2D eigenvalue weighted by molar-refractivity contribution is 5.80. The number of hydrogen-bond donors (Lipinski definition) is 3. The summed E-state index contributed by atoms with van der Waals surface area (Å²) in [5, 5.41) is 18.6. The van der Waals surface area contributed by atoms with Gasteiger partial charge >= 0.3 is 0 Å². The molecule has 1 saturated carbocycles. The lowest BCUT2D eigenvalue weighted by Gasteiger charge is -2.18. The number of H-pyrrole nitrogens is 1. The number of aromatic nitrogens is 4. The fraction of sp³-hybridized carbons (Fsp3) is 0.381. The molecule has 2 heterocycles. The maximum absolute atomic E-state index is 12.5. The summed E-state index contributed by atoms with van der Waals surface area (Å²) in [5.41, 5.74) is 1.53. The highest BCUT2D eigenvalue weighted by atomic mass is 19.1. The third-order valence-corrected chi connectivity index (χ3v) is 4.94. The van der Waals surface area contributed by atoms with Crippen LogP contribution < -0.4 is 10.9 Å². The molecule has 1 fully saturated rings. The number of hydrogen-bond acceptors (Lipinski definition) is 5. The van der Waals surface area contributed by atoms with Gasteiger partial charge in [-0.2, -0.15) is 5.10 Å². The van der Waals surface area contributed by atoms with E-state index in [0.29, 0.717) is 19.0 Å². The number of alkyl halides is 1. The summed E-state index contributed by atoms with van der Waals surface area (Å²) in [6.45, 7) is 0.403. The Labute approximate surface area is 167 Å². The van der Waals surface area contributed by atoms with Gasteiger partial charge in [-0.1, -0.05) is 11.8 Å². The summed E-state index contributed by atoms with van der Waals surface area (Å²) in [6, 6.07) is 5.94. The van der Waals surface area contributed by atoms with Crippen LogP contribution in [0.4, 0.5) is 4.39 Å². The van der Waals surface area contributed by atoms with Crippen LogP contribution in [0.3, 0.4) is 0 Å². The van der Waals surface area contributed by atoms with E-state index < -0.39 is 18.0 Å². The van der Waals surface area contributed by atoms with Crippen LogP contribution in [0.15, 0.2) is 35.5 Å². The van der Waals surface area contributed by atoms with Crippen LogP contribution in [0.25, 0.3) is 10.9 Å². The number of nitrogens with one attached hydrogen (secondary N) is 2. The van der Waals surface area contributed by atoms with Gasteiger partial charge in [-0.25, -0.2) is 9.37 Å². The zero-order chi connectivity index (χ0) is 20.2. The first-order valence-electron chi connectivity index (χ1n) is 9.66. The Morgan fingerprint density at radius 2 is 2.28 bits per heavy atom. The molecule has 0 aliphatic heterocycles. The van der Waals surface area contributed by atoms with Crippen LogP contribution in [0, 0.1) is 17.8 Å². The molecule has 29 heavy (non-hydrogen) atoms. The number of benzene rings is 1. The molecule has 3 N–H and O–H groups in total. The molecule has 1 atom stereocenters. The average molecular weight is 395 g/mol. The van der Waals surface area contributed by atoms with E-state index in [1.54, 1.807) is 10.9 Å². The number of aromatic hydroxyl groups is 1. The van der Waals surface area contributed by atoms with Crippen molar-refractivity contribution in [1.82, 2.24) is 25.1 Å². The molecule has 0 spiro atoms. The summed E-state index contributed by atoms with van der Waals surface area (Å²) in [6.07, 6.45) is 5.41. The van der Waals surface area contributed by atoms with Crippen molar-refractivity contribution in [3.63, 3.8) is 0 Å². The highest BCUT2D eigenvalue weighted by Gasteiger charge is 2.21. The van der Waals surface area contributed by atoms with Gasteiger partial charge in [0.1, 0.15) is 6.67 Å². The molecule has 150 valence electrons. The first-order valence-corrected chi connectivity index (χ1v) is 9.66. The molecule has 0 saturated heterocycles. The minimum absolute atomic E-state index is 0.184. The molecule has 0 radical (unpaired) electrons. The van der Waals surface area contributed by atoms with Gasteiger partial charge in [-0.3, -0.25) is 9.48 Å². The van der Waals surface area contributed by atoms with Crippen molar-refractivity contribution in [2.45, 2.75) is 25.3 Å².